The highest BCUT2D eigenvalue weighted by molar-refractivity contribution is 8.14. The zero-order valence-corrected chi connectivity index (χ0v) is 10.3. The SMILES string of the molecule is CCNc1ccc(CN2C(=O)CSC2=O)cn1. The Labute approximate surface area is 104 Å². The van der Waals surface area contributed by atoms with Gasteiger partial charge in [0.25, 0.3) is 5.24 Å². The van der Waals surface area contributed by atoms with Gasteiger partial charge in [0.2, 0.25) is 5.91 Å². The lowest BCUT2D eigenvalue weighted by atomic mass is 10.2. The molecule has 1 aliphatic heterocycles. The maximum absolute atomic E-state index is 11.4. The summed E-state index contributed by atoms with van der Waals surface area (Å²) in [5, 5.41) is 2.91. The molecule has 1 saturated heterocycles. The van der Waals surface area contributed by atoms with Crippen molar-refractivity contribution in [3.8, 4) is 0 Å². The molecule has 2 amide bonds. The molecule has 2 heterocycles. The summed E-state index contributed by atoms with van der Waals surface area (Å²) in [5.74, 6) is 0.919. The Morgan fingerprint density at radius 1 is 1.47 bits per heavy atom. The first-order valence-electron chi connectivity index (χ1n) is 5.36. The summed E-state index contributed by atoms with van der Waals surface area (Å²) in [6.07, 6.45) is 1.68. The summed E-state index contributed by atoms with van der Waals surface area (Å²) in [6.45, 7) is 3.12. The minimum absolute atomic E-state index is 0.129. The molecule has 1 aromatic rings. The minimum atomic E-state index is -0.175. The van der Waals surface area contributed by atoms with E-state index in [1.54, 1.807) is 6.20 Å². The standard InChI is InChI=1S/C11H13N3O2S/c1-2-12-9-4-3-8(5-13-9)6-14-10(15)7-17-11(14)16/h3-5H,2,6-7H2,1H3,(H,12,13). The zero-order chi connectivity index (χ0) is 12.3. The summed E-state index contributed by atoms with van der Waals surface area (Å²) < 4.78 is 0. The van der Waals surface area contributed by atoms with Crippen LogP contribution in [0.5, 0.6) is 0 Å². The van der Waals surface area contributed by atoms with Crippen LogP contribution in [0.2, 0.25) is 0 Å². The van der Waals surface area contributed by atoms with Crippen LogP contribution in [0, 0.1) is 0 Å². The molecule has 17 heavy (non-hydrogen) atoms. The predicted octanol–water partition coefficient (Wildman–Crippen LogP) is 1.71. The minimum Gasteiger partial charge on any atom is -0.370 e. The number of aromatic nitrogens is 1. The molecule has 1 aromatic heterocycles. The second kappa shape index (κ2) is 5.18. The topological polar surface area (TPSA) is 62.3 Å². The Bertz CT molecular complexity index is 417. The molecule has 5 nitrogen and oxygen atoms in total. The number of carbonyl (C=O) groups excluding carboxylic acids is 2. The number of rotatable bonds is 4. The van der Waals surface area contributed by atoms with Gasteiger partial charge in [-0.25, -0.2) is 4.98 Å². The number of anilines is 1. The van der Waals surface area contributed by atoms with Gasteiger partial charge in [-0.3, -0.25) is 14.5 Å². The molecule has 1 aliphatic rings. The molecule has 6 heteroatoms. The Morgan fingerprint density at radius 3 is 2.82 bits per heavy atom. The van der Waals surface area contributed by atoms with Crippen LogP contribution in [0.15, 0.2) is 18.3 Å². The second-order valence-corrected chi connectivity index (χ2v) is 4.54. The number of hydrogen-bond donors (Lipinski definition) is 1. The highest BCUT2D eigenvalue weighted by atomic mass is 32.2. The van der Waals surface area contributed by atoms with Crippen LogP contribution >= 0.6 is 11.8 Å². The summed E-state index contributed by atoms with van der Waals surface area (Å²) >= 11 is 1.05. The molecule has 1 fully saturated rings. The van der Waals surface area contributed by atoms with E-state index in [9.17, 15) is 9.59 Å². The molecule has 0 atom stereocenters. The molecule has 90 valence electrons. The fraction of sp³-hybridized carbons (Fsp3) is 0.364. The van der Waals surface area contributed by atoms with Crippen molar-refractivity contribution < 1.29 is 9.59 Å². The Morgan fingerprint density at radius 2 is 2.29 bits per heavy atom. The monoisotopic (exact) mass is 251 g/mol. The summed E-state index contributed by atoms with van der Waals surface area (Å²) in [7, 11) is 0. The van der Waals surface area contributed by atoms with Gasteiger partial charge < -0.3 is 5.32 Å². The number of nitrogens with zero attached hydrogens (tertiary/aromatic N) is 2. The lowest BCUT2D eigenvalue weighted by Gasteiger charge is -2.12. The Hall–Kier alpha value is -1.56. The van der Waals surface area contributed by atoms with Crippen molar-refractivity contribution >= 4 is 28.7 Å². The molecular formula is C11H13N3O2S. The lowest BCUT2D eigenvalue weighted by molar-refractivity contribution is -0.125. The Balaban J connectivity index is 2.03. The average molecular weight is 251 g/mol. The van der Waals surface area contributed by atoms with E-state index in [0.717, 1.165) is 29.7 Å². The largest absolute Gasteiger partial charge is 0.370 e. The van der Waals surface area contributed by atoms with Gasteiger partial charge in [-0.05, 0) is 18.6 Å². The average Bonchev–Trinajstić information content (AvgIpc) is 2.64. The van der Waals surface area contributed by atoms with Gasteiger partial charge in [-0.15, -0.1) is 0 Å². The van der Waals surface area contributed by atoms with E-state index < -0.39 is 0 Å². The summed E-state index contributed by atoms with van der Waals surface area (Å²) in [6, 6.07) is 3.71. The fourth-order valence-electron chi connectivity index (χ4n) is 1.52. The molecule has 0 radical (unpaired) electrons. The molecule has 0 bridgehead atoms. The zero-order valence-electron chi connectivity index (χ0n) is 9.47. The predicted molar refractivity (Wildman–Crippen MR) is 66.8 cm³/mol. The van der Waals surface area contributed by atoms with Crippen LogP contribution in [-0.2, 0) is 11.3 Å². The van der Waals surface area contributed by atoms with Crippen molar-refractivity contribution in [2.75, 3.05) is 17.6 Å². The fourth-order valence-corrected chi connectivity index (χ4v) is 2.25. The molecule has 0 spiro atoms. The quantitative estimate of drug-likeness (QED) is 0.882. The third kappa shape index (κ3) is 2.76. The van der Waals surface area contributed by atoms with Gasteiger partial charge >= 0.3 is 0 Å². The van der Waals surface area contributed by atoms with Gasteiger partial charge in [0, 0.05) is 12.7 Å². The van der Waals surface area contributed by atoms with Crippen LogP contribution < -0.4 is 5.32 Å². The number of nitrogens with one attached hydrogen (secondary N) is 1. The molecule has 1 N–H and O–H groups in total. The first-order chi connectivity index (χ1) is 8.20. The van der Waals surface area contributed by atoms with Gasteiger partial charge in [-0.2, -0.15) is 0 Å². The van der Waals surface area contributed by atoms with Crippen LogP contribution in [0.1, 0.15) is 12.5 Å². The van der Waals surface area contributed by atoms with Gasteiger partial charge in [0.05, 0.1) is 12.3 Å². The van der Waals surface area contributed by atoms with Gasteiger partial charge in [0.1, 0.15) is 5.82 Å². The van der Waals surface area contributed by atoms with E-state index >= 15 is 0 Å². The number of hydrogen-bond acceptors (Lipinski definition) is 5. The third-order valence-corrected chi connectivity index (χ3v) is 3.22. The summed E-state index contributed by atoms with van der Waals surface area (Å²) in [5.41, 5.74) is 0.857. The molecule has 0 aromatic carbocycles. The van der Waals surface area contributed by atoms with Gasteiger partial charge in [0.15, 0.2) is 0 Å². The van der Waals surface area contributed by atoms with Crippen LogP contribution in [0.4, 0.5) is 10.6 Å². The van der Waals surface area contributed by atoms with Crippen molar-refractivity contribution in [3.05, 3.63) is 23.9 Å². The first-order valence-corrected chi connectivity index (χ1v) is 6.35. The molecule has 0 unspecified atom stereocenters. The normalized spacial score (nSPS) is 15.5. The van der Waals surface area contributed by atoms with E-state index in [0.29, 0.717) is 6.54 Å². The number of thioether (sulfide) groups is 1. The van der Waals surface area contributed by atoms with E-state index in [1.807, 2.05) is 19.1 Å². The second-order valence-electron chi connectivity index (χ2n) is 3.62. The maximum atomic E-state index is 11.4. The maximum Gasteiger partial charge on any atom is 0.289 e. The molecule has 0 aliphatic carbocycles. The Kier molecular flexibility index (Phi) is 3.63. The number of pyridine rings is 1. The van der Waals surface area contributed by atoms with Crippen molar-refractivity contribution in [2.45, 2.75) is 13.5 Å². The van der Waals surface area contributed by atoms with Crippen molar-refractivity contribution in [2.24, 2.45) is 0 Å². The van der Waals surface area contributed by atoms with E-state index in [4.69, 9.17) is 0 Å². The molecular weight excluding hydrogens is 238 g/mol. The smallest absolute Gasteiger partial charge is 0.289 e. The van der Waals surface area contributed by atoms with E-state index in [2.05, 4.69) is 10.3 Å². The summed E-state index contributed by atoms with van der Waals surface area (Å²) in [4.78, 5) is 28.3. The molecule has 2 rings (SSSR count). The number of amides is 2. The number of imide groups is 1. The van der Waals surface area contributed by atoms with Crippen LogP contribution in [-0.4, -0.2) is 33.3 Å². The van der Waals surface area contributed by atoms with Crippen LogP contribution in [0.25, 0.3) is 0 Å². The van der Waals surface area contributed by atoms with E-state index in [1.165, 1.54) is 4.90 Å². The van der Waals surface area contributed by atoms with Crippen LogP contribution in [0.3, 0.4) is 0 Å². The number of carbonyl (C=O) groups is 2. The first kappa shape index (κ1) is 11.9. The van der Waals surface area contributed by atoms with E-state index in [-0.39, 0.29) is 16.9 Å². The van der Waals surface area contributed by atoms with Crippen molar-refractivity contribution in [1.82, 2.24) is 9.88 Å². The molecule has 0 saturated carbocycles. The van der Waals surface area contributed by atoms with Gasteiger partial charge in [-0.1, -0.05) is 17.8 Å². The lowest BCUT2D eigenvalue weighted by Crippen LogP contribution is -2.27. The highest BCUT2D eigenvalue weighted by Crippen LogP contribution is 2.21. The highest BCUT2D eigenvalue weighted by Gasteiger charge is 2.29. The van der Waals surface area contributed by atoms with Crippen molar-refractivity contribution in [3.63, 3.8) is 0 Å². The van der Waals surface area contributed by atoms with Crippen molar-refractivity contribution in [1.29, 1.82) is 0 Å². The third-order valence-electron chi connectivity index (χ3n) is 2.36.